The van der Waals surface area contributed by atoms with Crippen LogP contribution in [0.25, 0.3) is 0 Å². The average molecular weight is 364 g/mol. The monoisotopic (exact) mass is 363 g/mol. The lowest BCUT2D eigenvalue weighted by Gasteiger charge is -2.19. The van der Waals surface area contributed by atoms with Crippen molar-refractivity contribution in [2.24, 2.45) is 0 Å². The maximum atomic E-state index is 10.8. The van der Waals surface area contributed by atoms with E-state index in [-0.39, 0.29) is 6.61 Å². The molecular weight excluding hydrogens is 342 g/mol. The van der Waals surface area contributed by atoms with E-state index in [2.05, 4.69) is 27.7 Å². The minimum absolute atomic E-state index is 0.358. The number of rotatable bonds is 6. The van der Waals surface area contributed by atoms with E-state index in [1.54, 1.807) is 12.1 Å². The van der Waals surface area contributed by atoms with Crippen LogP contribution >= 0.6 is 11.6 Å². The molecule has 1 aliphatic heterocycles. The molecule has 1 aliphatic rings. The normalized spacial score (nSPS) is 17.8. The number of carboxylic acid groups (broad SMARTS) is 1. The topological polar surface area (TPSA) is 67.6 Å². The fourth-order valence-electron chi connectivity index (χ4n) is 3.36. The smallest absolute Gasteiger partial charge is 0.341 e. The zero-order valence-corrected chi connectivity index (χ0v) is 15.2. The van der Waals surface area contributed by atoms with Crippen molar-refractivity contribution in [3.63, 3.8) is 0 Å². The second-order valence-corrected chi connectivity index (χ2v) is 6.92. The largest absolute Gasteiger partial charge is 0.482 e. The molecule has 1 aromatic carbocycles. The number of carbonyl (C=O) groups is 1. The molecule has 3 rings (SSSR count). The number of benzene rings is 1. The van der Waals surface area contributed by atoms with Gasteiger partial charge in [0.25, 0.3) is 0 Å². The number of likely N-dealkylation sites (tertiary alicyclic amines) is 1. The highest BCUT2D eigenvalue weighted by molar-refractivity contribution is 6.30. The highest BCUT2D eigenvalue weighted by Gasteiger charge is 2.26. The number of carboxylic acids is 1. The highest BCUT2D eigenvalue weighted by atomic mass is 35.5. The van der Waals surface area contributed by atoms with Crippen LogP contribution in [0.15, 0.2) is 24.3 Å². The summed E-state index contributed by atoms with van der Waals surface area (Å²) in [6.07, 6.45) is 1.04. The molecule has 2 aromatic rings. The van der Waals surface area contributed by atoms with Crippen LogP contribution in [0, 0.1) is 13.8 Å². The van der Waals surface area contributed by atoms with Crippen LogP contribution in [0.5, 0.6) is 5.75 Å². The Balaban J connectivity index is 1.69. The number of ether oxygens (including phenoxy) is 1. The summed E-state index contributed by atoms with van der Waals surface area (Å²) in [7, 11) is 0. The van der Waals surface area contributed by atoms with E-state index in [0.717, 1.165) is 30.8 Å². The summed E-state index contributed by atoms with van der Waals surface area (Å²) in [6, 6.07) is 7.74. The molecule has 0 radical (unpaired) electrons. The van der Waals surface area contributed by atoms with Crippen LogP contribution < -0.4 is 4.74 Å². The molecule has 1 atom stereocenters. The molecule has 134 valence electrons. The van der Waals surface area contributed by atoms with E-state index >= 15 is 0 Å². The lowest BCUT2D eigenvalue weighted by Crippen LogP contribution is -2.22. The van der Waals surface area contributed by atoms with Gasteiger partial charge in [0, 0.05) is 35.9 Å². The summed E-state index contributed by atoms with van der Waals surface area (Å²) in [5.74, 6) is -0.423. The van der Waals surface area contributed by atoms with E-state index < -0.39 is 5.97 Å². The van der Waals surface area contributed by atoms with Crippen molar-refractivity contribution < 1.29 is 14.6 Å². The minimum atomic E-state index is -0.994. The van der Waals surface area contributed by atoms with Crippen molar-refractivity contribution in [3.05, 3.63) is 46.2 Å². The summed E-state index contributed by atoms with van der Waals surface area (Å²) in [6.45, 7) is 6.25. The first-order chi connectivity index (χ1) is 11.9. The maximum Gasteiger partial charge on any atom is 0.341 e. The third-order valence-corrected chi connectivity index (χ3v) is 4.64. The Morgan fingerprint density at radius 3 is 2.88 bits per heavy atom. The van der Waals surface area contributed by atoms with Crippen LogP contribution in [0.3, 0.4) is 0 Å². The van der Waals surface area contributed by atoms with E-state index in [0.29, 0.717) is 23.4 Å². The van der Waals surface area contributed by atoms with Gasteiger partial charge in [0.05, 0.1) is 11.7 Å². The quantitative estimate of drug-likeness (QED) is 0.854. The minimum Gasteiger partial charge on any atom is -0.482 e. The van der Waals surface area contributed by atoms with Gasteiger partial charge in [-0.05, 0) is 44.5 Å². The molecule has 2 heterocycles. The van der Waals surface area contributed by atoms with E-state index in [1.165, 1.54) is 5.69 Å². The number of hydrogen-bond donors (Lipinski definition) is 1. The summed E-state index contributed by atoms with van der Waals surface area (Å²) in [5, 5.41) is 14.0. The Bertz CT molecular complexity index is 775. The fourth-order valence-corrected chi connectivity index (χ4v) is 3.56. The molecule has 1 aromatic heterocycles. The van der Waals surface area contributed by atoms with Crippen LogP contribution in [0.2, 0.25) is 5.02 Å². The second kappa shape index (κ2) is 7.45. The van der Waals surface area contributed by atoms with Gasteiger partial charge >= 0.3 is 5.97 Å². The molecule has 1 fully saturated rings. The highest BCUT2D eigenvalue weighted by Crippen LogP contribution is 2.29. The van der Waals surface area contributed by atoms with Crippen molar-refractivity contribution in [1.29, 1.82) is 0 Å². The lowest BCUT2D eigenvalue weighted by molar-refractivity contribution is -0.139. The molecule has 25 heavy (non-hydrogen) atoms. The van der Waals surface area contributed by atoms with Crippen molar-refractivity contribution in [2.75, 3.05) is 19.7 Å². The molecule has 0 amide bonds. The van der Waals surface area contributed by atoms with Gasteiger partial charge in [-0.1, -0.05) is 11.6 Å². The first-order valence-corrected chi connectivity index (χ1v) is 8.68. The first kappa shape index (κ1) is 17.8. The Hall–Kier alpha value is -2.05. The number of nitrogens with zero attached hydrogens (tertiary/aromatic N) is 3. The summed E-state index contributed by atoms with van der Waals surface area (Å²) >= 11 is 6.11. The Kier molecular flexibility index (Phi) is 5.30. The molecule has 0 bridgehead atoms. The van der Waals surface area contributed by atoms with Gasteiger partial charge < -0.3 is 9.84 Å². The van der Waals surface area contributed by atoms with Crippen LogP contribution in [0.4, 0.5) is 0 Å². The van der Waals surface area contributed by atoms with Gasteiger partial charge in [-0.3, -0.25) is 9.58 Å². The standard InChI is InChI=1S/C18H22ClN3O3/c1-12-7-13(2)22(20-12)16-5-6-21(10-16)9-14-8-15(19)3-4-17(14)25-11-18(23)24/h3-4,7-8,16H,5-6,9-11H2,1-2H3,(H,23,24). The molecule has 0 saturated carbocycles. The lowest BCUT2D eigenvalue weighted by atomic mass is 10.2. The number of aromatic nitrogens is 2. The maximum absolute atomic E-state index is 10.8. The van der Waals surface area contributed by atoms with Gasteiger partial charge in [0.2, 0.25) is 0 Å². The van der Waals surface area contributed by atoms with E-state index in [9.17, 15) is 4.79 Å². The van der Waals surface area contributed by atoms with Crippen LogP contribution in [-0.2, 0) is 11.3 Å². The number of aliphatic carboxylic acids is 1. The molecule has 0 aliphatic carbocycles. The Morgan fingerprint density at radius 1 is 1.40 bits per heavy atom. The fraction of sp³-hybridized carbons (Fsp3) is 0.444. The third-order valence-electron chi connectivity index (χ3n) is 4.41. The molecule has 6 nitrogen and oxygen atoms in total. The van der Waals surface area contributed by atoms with Crippen molar-refractivity contribution in [1.82, 2.24) is 14.7 Å². The van der Waals surface area contributed by atoms with Crippen molar-refractivity contribution >= 4 is 17.6 Å². The number of halogens is 1. The molecule has 1 unspecified atom stereocenters. The van der Waals surface area contributed by atoms with Crippen molar-refractivity contribution in [2.45, 2.75) is 32.9 Å². The van der Waals surface area contributed by atoms with Gasteiger partial charge in [0.15, 0.2) is 6.61 Å². The SMILES string of the molecule is Cc1cc(C)n(C2CCN(Cc3cc(Cl)ccc3OCC(=O)O)C2)n1. The second-order valence-electron chi connectivity index (χ2n) is 6.48. The van der Waals surface area contributed by atoms with Gasteiger partial charge in [-0.25, -0.2) is 4.79 Å². The zero-order valence-electron chi connectivity index (χ0n) is 14.4. The molecule has 1 saturated heterocycles. The Labute approximate surface area is 152 Å². The average Bonchev–Trinajstić information content (AvgIpc) is 3.12. The molecule has 0 spiro atoms. The first-order valence-electron chi connectivity index (χ1n) is 8.30. The van der Waals surface area contributed by atoms with Crippen molar-refractivity contribution in [3.8, 4) is 5.75 Å². The third kappa shape index (κ3) is 4.32. The van der Waals surface area contributed by atoms with Gasteiger partial charge in [0.1, 0.15) is 5.75 Å². The predicted octanol–water partition coefficient (Wildman–Crippen LogP) is 3.06. The van der Waals surface area contributed by atoms with Gasteiger partial charge in [-0.15, -0.1) is 0 Å². The zero-order chi connectivity index (χ0) is 18.0. The molecular formula is C18H22ClN3O3. The summed E-state index contributed by atoms with van der Waals surface area (Å²) in [5.41, 5.74) is 3.12. The number of hydrogen-bond acceptors (Lipinski definition) is 4. The molecule has 1 N–H and O–H groups in total. The predicted molar refractivity (Wildman–Crippen MR) is 95.2 cm³/mol. The van der Waals surface area contributed by atoms with Gasteiger partial charge in [-0.2, -0.15) is 5.10 Å². The summed E-state index contributed by atoms with van der Waals surface area (Å²) in [4.78, 5) is 13.1. The van der Waals surface area contributed by atoms with E-state index in [4.69, 9.17) is 21.4 Å². The number of aryl methyl sites for hydroxylation is 2. The van der Waals surface area contributed by atoms with Crippen LogP contribution in [-0.4, -0.2) is 45.5 Å². The molecule has 7 heteroatoms. The van der Waals surface area contributed by atoms with E-state index in [1.807, 2.05) is 13.0 Å². The van der Waals surface area contributed by atoms with Crippen LogP contribution in [0.1, 0.15) is 29.4 Å². The Morgan fingerprint density at radius 2 is 2.20 bits per heavy atom. The summed E-state index contributed by atoms with van der Waals surface area (Å²) < 4.78 is 7.50.